The third kappa shape index (κ3) is 2.26. The molecule has 7 aromatic rings. The molecule has 2 heterocycles. The van der Waals surface area contributed by atoms with E-state index >= 15 is 0 Å². The molecule has 0 saturated carbocycles. The molecule has 0 bridgehead atoms. The Kier molecular flexibility index (Phi) is 3.40. The Bertz CT molecular complexity index is 1750. The van der Waals surface area contributed by atoms with Crippen molar-refractivity contribution >= 4 is 73.8 Å². The fourth-order valence-corrected chi connectivity index (χ4v) is 6.98. The normalized spacial score (nSPS) is 12.0. The van der Waals surface area contributed by atoms with Crippen LogP contribution in [0.15, 0.2) is 97.1 Å². The topological polar surface area (TPSA) is 0 Å². The molecule has 0 unspecified atom stereocenters. The lowest BCUT2D eigenvalue weighted by Gasteiger charge is -2.11. The highest BCUT2D eigenvalue weighted by atomic mass is 32.1. The molecule has 0 saturated heterocycles. The fourth-order valence-electron chi connectivity index (χ4n) is 4.73. The molecule has 0 aliphatic rings. The molecule has 0 fully saturated rings. The predicted molar refractivity (Wildman–Crippen MR) is 135 cm³/mol. The first kappa shape index (κ1) is 16.6. The standard InChI is InChI=1S/C28H16S2/c1-2-8-19-17(7-1)16-26-28(21-10-4-6-12-24(21)30-26)27(19)18-13-14-25-22(15-18)20-9-3-5-11-23(20)29-25/h1-16H. The average Bonchev–Trinajstić information content (AvgIpc) is 3.35. The number of hydrogen-bond donors (Lipinski definition) is 0. The monoisotopic (exact) mass is 416 g/mol. The number of hydrogen-bond acceptors (Lipinski definition) is 2. The van der Waals surface area contributed by atoms with E-state index in [2.05, 4.69) is 97.1 Å². The zero-order chi connectivity index (χ0) is 19.7. The summed E-state index contributed by atoms with van der Waals surface area (Å²) in [4.78, 5) is 0. The van der Waals surface area contributed by atoms with E-state index in [9.17, 15) is 0 Å². The van der Waals surface area contributed by atoms with E-state index in [1.165, 1.54) is 62.2 Å². The molecule has 0 aliphatic heterocycles. The second-order valence-corrected chi connectivity index (χ2v) is 9.92. The van der Waals surface area contributed by atoms with Gasteiger partial charge in [0.15, 0.2) is 0 Å². The number of fused-ring (bicyclic) bond motifs is 7. The van der Waals surface area contributed by atoms with E-state index in [0.717, 1.165) is 0 Å². The summed E-state index contributed by atoms with van der Waals surface area (Å²) in [5.41, 5.74) is 2.66. The van der Waals surface area contributed by atoms with Gasteiger partial charge in [-0.1, -0.05) is 66.7 Å². The Labute approximate surface area is 181 Å². The third-order valence-corrected chi connectivity index (χ3v) is 8.32. The number of rotatable bonds is 1. The van der Waals surface area contributed by atoms with Gasteiger partial charge in [0.1, 0.15) is 0 Å². The van der Waals surface area contributed by atoms with Gasteiger partial charge in [0, 0.05) is 40.3 Å². The summed E-state index contributed by atoms with van der Waals surface area (Å²) in [5, 5.41) is 8.08. The first-order valence-corrected chi connectivity index (χ1v) is 11.7. The molecule has 0 atom stereocenters. The van der Waals surface area contributed by atoms with Gasteiger partial charge in [-0.2, -0.15) is 0 Å². The number of thiophene rings is 2. The SMILES string of the molecule is c1ccc2c(-c3ccc4sc5ccccc5c4c3)c3c(cc2c1)sc1ccccc13. The van der Waals surface area contributed by atoms with Crippen molar-refractivity contribution in [2.45, 2.75) is 0 Å². The molecular formula is C28H16S2. The summed E-state index contributed by atoms with van der Waals surface area (Å²) in [6.07, 6.45) is 0. The maximum Gasteiger partial charge on any atom is 0.0368 e. The van der Waals surface area contributed by atoms with Crippen LogP contribution >= 0.6 is 22.7 Å². The summed E-state index contributed by atoms with van der Waals surface area (Å²) in [6, 6.07) is 35.7. The molecule has 0 amide bonds. The van der Waals surface area contributed by atoms with Gasteiger partial charge >= 0.3 is 0 Å². The number of benzene rings is 5. The van der Waals surface area contributed by atoms with Crippen molar-refractivity contribution in [1.29, 1.82) is 0 Å². The second-order valence-electron chi connectivity index (χ2n) is 7.75. The maximum absolute atomic E-state index is 2.40. The van der Waals surface area contributed by atoms with E-state index in [1.807, 2.05) is 22.7 Å². The summed E-state index contributed by atoms with van der Waals surface area (Å²) >= 11 is 3.77. The largest absolute Gasteiger partial charge is 0.135 e. The Morgan fingerprint density at radius 2 is 1.07 bits per heavy atom. The van der Waals surface area contributed by atoms with Gasteiger partial charge in [-0.25, -0.2) is 0 Å². The van der Waals surface area contributed by atoms with Crippen LogP contribution in [0, 0.1) is 0 Å². The lowest BCUT2D eigenvalue weighted by Crippen LogP contribution is -1.84. The summed E-state index contributed by atoms with van der Waals surface area (Å²) < 4.78 is 5.42. The van der Waals surface area contributed by atoms with Crippen molar-refractivity contribution in [3.05, 3.63) is 97.1 Å². The van der Waals surface area contributed by atoms with Crippen molar-refractivity contribution in [2.24, 2.45) is 0 Å². The first-order chi connectivity index (χ1) is 14.9. The Morgan fingerprint density at radius 3 is 1.93 bits per heavy atom. The Hall–Kier alpha value is -3.20. The molecule has 2 heteroatoms. The molecule has 0 nitrogen and oxygen atoms in total. The quantitative estimate of drug-likeness (QED) is 0.250. The third-order valence-electron chi connectivity index (χ3n) is 6.05. The molecule has 0 radical (unpaired) electrons. The summed E-state index contributed by atoms with van der Waals surface area (Å²) in [5.74, 6) is 0. The molecule has 30 heavy (non-hydrogen) atoms. The molecule has 0 N–H and O–H groups in total. The average molecular weight is 417 g/mol. The van der Waals surface area contributed by atoms with Crippen LogP contribution in [-0.4, -0.2) is 0 Å². The van der Waals surface area contributed by atoms with Crippen LogP contribution in [-0.2, 0) is 0 Å². The highest BCUT2D eigenvalue weighted by molar-refractivity contribution is 7.26. The highest BCUT2D eigenvalue weighted by Crippen LogP contribution is 2.45. The van der Waals surface area contributed by atoms with Crippen LogP contribution in [0.5, 0.6) is 0 Å². The van der Waals surface area contributed by atoms with Gasteiger partial charge in [-0.05, 0) is 52.2 Å². The second kappa shape index (κ2) is 6.15. The minimum Gasteiger partial charge on any atom is -0.135 e. The molecule has 5 aromatic carbocycles. The minimum absolute atomic E-state index is 1.30. The minimum atomic E-state index is 1.30. The van der Waals surface area contributed by atoms with Crippen LogP contribution in [0.1, 0.15) is 0 Å². The molecular weight excluding hydrogens is 400 g/mol. The zero-order valence-electron chi connectivity index (χ0n) is 16.1. The van der Waals surface area contributed by atoms with Crippen molar-refractivity contribution in [1.82, 2.24) is 0 Å². The van der Waals surface area contributed by atoms with Crippen LogP contribution in [0.4, 0.5) is 0 Å². The van der Waals surface area contributed by atoms with E-state index in [1.54, 1.807) is 0 Å². The predicted octanol–water partition coefficient (Wildman–Crippen LogP) is 9.24. The Morgan fingerprint density at radius 1 is 0.433 bits per heavy atom. The van der Waals surface area contributed by atoms with Crippen molar-refractivity contribution in [2.75, 3.05) is 0 Å². The smallest absolute Gasteiger partial charge is 0.0368 e. The van der Waals surface area contributed by atoms with E-state index < -0.39 is 0 Å². The van der Waals surface area contributed by atoms with Gasteiger partial charge in [-0.15, -0.1) is 22.7 Å². The maximum atomic E-state index is 2.40. The van der Waals surface area contributed by atoms with E-state index in [4.69, 9.17) is 0 Å². The van der Waals surface area contributed by atoms with Crippen molar-refractivity contribution < 1.29 is 0 Å². The van der Waals surface area contributed by atoms with E-state index in [-0.39, 0.29) is 0 Å². The highest BCUT2D eigenvalue weighted by Gasteiger charge is 2.16. The first-order valence-electron chi connectivity index (χ1n) is 10.1. The Balaban J connectivity index is 1.68. The van der Waals surface area contributed by atoms with Crippen molar-refractivity contribution in [3.63, 3.8) is 0 Å². The van der Waals surface area contributed by atoms with Gasteiger partial charge in [-0.3, -0.25) is 0 Å². The summed E-state index contributed by atoms with van der Waals surface area (Å²) in [6.45, 7) is 0. The lowest BCUT2D eigenvalue weighted by atomic mass is 9.92. The van der Waals surface area contributed by atoms with Gasteiger partial charge in [0.25, 0.3) is 0 Å². The molecule has 2 aromatic heterocycles. The van der Waals surface area contributed by atoms with Crippen molar-refractivity contribution in [3.8, 4) is 11.1 Å². The molecule has 7 rings (SSSR count). The van der Waals surface area contributed by atoms with Crippen LogP contribution in [0.25, 0.3) is 62.2 Å². The molecule has 0 spiro atoms. The van der Waals surface area contributed by atoms with E-state index in [0.29, 0.717) is 0 Å². The fraction of sp³-hybridized carbons (Fsp3) is 0. The molecule has 0 aliphatic carbocycles. The molecule has 140 valence electrons. The lowest BCUT2D eigenvalue weighted by molar-refractivity contribution is 1.76. The van der Waals surface area contributed by atoms with Crippen LogP contribution in [0.3, 0.4) is 0 Å². The van der Waals surface area contributed by atoms with Gasteiger partial charge < -0.3 is 0 Å². The zero-order valence-corrected chi connectivity index (χ0v) is 17.7. The van der Waals surface area contributed by atoms with Crippen LogP contribution in [0.2, 0.25) is 0 Å². The summed E-state index contributed by atoms with van der Waals surface area (Å²) in [7, 11) is 0. The van der Waals surface area contributed by atoms with Gasteiger partial charge in [0.2, 0.25) is 0 Å². The van der Waals surface area contributed by atoms with Gasteiger partial charge in [0.05, 0.1) is 0 Å². The van der Waals surface area contributed by atoms with Crippen LogP contribution < -0.4 is 0 Å².